The van der Waals surface area contributed by atoms with Gasteiger partial charge in [0, 0.05) is 48.5 Å². The zero-order valence-corrected chi connectivity index (χ0v) is 25.1. The number of ether oxygens (including phenoxy) is 1. The van der Waals surface area contributed by atoms with E-state index in [1.54, 1.807) is 24.0 Å². The van der Waals surface area contributed by atoms with Crippen LogP contribution < -0.4 is 10.2 Å². The third-order valence-corrected chi connectivity index (χ3v) is 8.16. The molecule has 222 valence electrons. The number of carbonyl (C=O) groups excluding carboxylic acids is 3. The molecule has 3 heterocycles. The van der Waals surface area contributed by atoms with Crippen LogP contribution in [-0.2, 0) is 22.6 Å². The van der Waals surface area contributed by atoms with Crippen LogP contribution in [0.2, 0.25) is 0 Å². The maximum absolute atomic E-state index is 13.4. The van der Waals surface area contributed by atoms with Crippen molar-refractivity contribution >= 4 is 29.4 Å². The number of amides is 2. The Bertz CT molecular complexity index is 1440. The van der Waals surface area contributed by atoms with Gasteiger partial charge < -0.3 is 19.9 Å². The molecule has 0 bridgehead atoms. The number of carbonyl (C=O) groups is 3. The highest BCUT2D eigenvalue weighted by molar-refractivity contribution is 6.04. The maximum atomic E-state index is 13.4. The third-order valence-electron chi connectivity index (χ3n) is 8.16. The van der Waals surface area contributed by atoms with E-state index in [0.29, 0.717) is 16.8 Å². The van der Waals surface area contributed by atoms with Crippen molar-refractivity contribution in [2.24, 2.45) is 0 Å². The Balaban J connectivity index is 1.30. The Morgan fingerprint density at radius 3 is 2.24 bits per heavy atom. The van der Waals surface area contributed by atoms with Crippen molar-refractivity contribution in [3.63, 3.8) is 0 Å². The second-order valence-electron chi connectivity index (χ2n) is 11.9. The van der Waals surface area contributed by atoms with Crippen molar-refractivity contribution in [1.29, 1.82) is 0 Å². The average molecular weight is 573 g/mol. The minimum Gasteiger partial charge on any atom is -0.448 e. The Morgan fingerprint density at radius 2 is 1.62 bits per heavy atom. The predicted molar refractivity (Wildman–Crippen MR) is 162 cm³/mol. The molecule has 2 aliphatic heterocycles. The van der Waals surface area contributed by atoms with Crippen LogP contribution in [0.3, 0.4) is 0 Å². The molecule has 0 radical (unpaired) electrons. The molecule has 1 fully saturated rings. The molecule has 0 saturated carbocycles. The number of benzene rings is 2. The van der Waals surface area contributed by atoms with Gasteiger partial charge in [0.1, 0.15) is 0 Å². The molecular formula is C32H40N6O4. The molecule has 2 amide bonds. The molecule has 0 unspecified atom stereocenters. The van der Waals surface area contributed by atoms with Crippen molar-refractivity contribution in [2.75, 3.05) is 43.0 Å². The van der Waals surface area contributed by atoms with Crippen LogP contribution in [0.4, 0.5) is 16.3 Å². The van der Waals surface area contributed by atoms with Gasteiger partial charge in [0.15, 0.2) is 5.82 Å². The highest BCUT2D eigenvalue weighted by Gasteiger charge is 2.35. The first kappa shape index (κ1) is 29.3. The zero-order valence-electron chi connectivity index (χ0n) is 25.1. The van der Waals surface area contributed by atoms with Crippen LogP contribution in [0, 0.1) is 0 Å². The molecule has 1 N–H and O–H groups in total. The minimum absolute atomic E-state index is 0.0657. The van der Waals surface area contributed by atoms with E-state index in [1.807, 2.05) is 49.4 Å². The second kappa shape index (κ2) is 12.0. The van der Waals surface area contributed by atoms with Gasteiger partial charge >= 0.3 is 6.09 Å². The number of hydrogen-bond donors (Lipinski definition) is 1. The van der Waals surface area contributed by atoms with Gasteiger partial charge in [0.05, 0.1) is 31.3 Å². The first-order valence-electron chi connectivity index (χ1n) is 14.6. The molecule has 1 atom stereocenters. The fourth-order valence-corrected chi connectivity index (χ4v) is 5.63. The van der Waals surface area contributed by atoms with Crippen molar-refractivity contribution in [3.8, 4) is 0 Å². The summed E-state index contributed by atoms with van der Waals surface area (Å²) in [5, 5.41) is 7.27. The number of piperazine rings is 1. The third kappa shape index (κ3) is 6.04. The molecule has 2 aromatic carbocycles. The Hall–Kier alpha value is -4.18. The van der Waals surface area contributed by atoms with Gasteiger partial charge in [0.2, 0.25) is 5.91 Å². The molecule has 3 aromatic rings. The number of nitrogens with one attached hydrogen (secondary N) is 1. The fourth-order valence-electron chi connectivity index (χ4n) is 5.63. The Kier molecular flexibility index (Phi) is 8.36. The lowest BCUT2D eigenvalue weighted by atomic mass is 10.00. The lowest BCUT2D eigenvalue weighted by Gasteiger charge is -2.43. The molecule has 10 heteroatoms. The molecule has 1 aromatic heterocycles. The van der Waals surface area contributed by atoms with Gasteiger partial charge in [-0.05, 0) is 64.4 Å². The summed E-state index contributed by atoms with van der Waals surface area (Å²) in [6.07, 6.45) is -0.643. The summed E-state index contributed by atoms with van der Waals surface area (Å²) >= 11 is 0. The van der Waals surface area contributed by atoms with Crippen LogP contribution in [0.15, 0.2) is 54.6 Å². The molecule has 10 nitrogen and oxygen atoms in total. The van der Waals surface area contributed by atoms with Crippen molar-refractivity contribution in [2.45, 2.75) is 59.2 Å². The van der Waals surface area contributed by atoms with E-state index in [1.165, 1.54) is 0 Å². The van der Waals surface area contributed by atoms with Crippen LogP contribution in [0.1, 0.15) is 67.7 Å². The van der Waals surface area contributed by atoms with E-state index in [4.69, 9.17) is 4.74 Å². The van der Waals surface area contributed by atoms with Gasteiger partial charge in [-0.15, -0.1) is 5.10 Å². The molecule has 0 spiro atoms. The minimum atomic E-state index is -0.643. The second-order valence-corrected chi connectivity index (χ2v) is 11.9. The van der Waals surface area contributed by atoms with Gasteiger partial charge in [0.25, 0.3) is 5.91 Å². The van der Waals surface area contributed by atoms with Crippen LogP contribution in [0.5, 0.6) is 0 Å². The van der Waals surface area contributed by atoms with Gasteiger partial charge in [-0.2, -0.15) is 4.68 Å². The normalized spacial score (nSPS) is 16.2. The first-order valence-corrected chi connectivity index (χ1v) is 14.6. The number of nitrogens with zero attached hydrogens (tertiary/aromatic N) is 5. The molecular weight excluding hydrogens is 532 g/mol. The highest BCUT2D eigenvalue weighted by atomic mass is 16.6. The van der Waals surface area contributed by atoms with Crippen molar-refractivity contribution in [1.82, 2.24) is 19.6 Å². The number of fused-ring (bicyclic) bond motifs is 1. The average Bonchev–Trinajstić information content (AvgIpc) is 3.57. The summed E-state index contributed by atoms with van der Waals surface area (Å²) < 4.78 is 6.36. The van der Waals surface area contributed by atoms with Crippen molar-refractivity contribution < 1.29 is 19.1 Å². The van der Waals surface area contributed by atoms with E-state index in [9.17, 15) is 14.4 Å². The zero-order chi connectivity index (χ0) is 30.0. The van der Waals surface area contributed by atoms with E-state index in [2.05, 4.69) is 41.0 Å². The number of rotatable bonds is 6. The van der Waals surface area contributed by atoms with E-state index in [-0.39, 0.29) is 48.8 Å². The van der Waals surface area contributed by atoms with Crippen LogP contribution in [0.25, 0.3) is 0 Å². The lowest BCUT2D eigenvalue weighted by molar-refractivity contribution is -0.133. The largest absolute Gasteiger partial charge is 0.448 e. The summed E-state index contributed by atoms with van der Waals surface area (Å²) in [6, 6.07) is 17.1. The lowest BCUT2D eigenvalue weighted by Crippen LogP contribution is -2.53. The molecule has 2 aliphatic rings. The fraction of sp³-hybridized carbons (Fsp3) is 0.438. The molecule has 1 saturated heterocycles. The topological polar surface area (TPSA) is 100 Å². The van der Waals surface area contributed by atoms with E-state index < -0.39 is 6.09 Å². The van der Waals surface area contributed by atoms with Gasteiger partial charge in [-0.25, -0.2) is 4.79 Å². The predicted octanol–water partition coefficient (Wildman–Crippen LogP) is 4.71. The smallest absolute Gasteiger partial charge is 0.435 e. The summed E-state index contributed by atoms with van der Waals surface area (Å²) in [5.74, 6) is -0.498. The molecule has 5 rings (SSSR count). The summed E-state index contributed by atoms with van der Waals surface area (Å²) in [4.78, 5) is 45.9. The van der Waals surface area contributed by atoms with Crippen molar-refractivity contribution in [3.05, 3.63) is 77.0 Å². The summed E-state index contributed by atoms with van der Waals surface area (Å²) in [6.45, 7) is 14.8. The van der Waals surface area contributed by atoms with Gasteiger partial charge in [-0.3, -0.25) is 14.5 Å². The molecule has 42 heavy (non-hydrogen) atoms. The quantitative estimate of drug-likeness (QED) is 0.457. The monoisotopic (exact) mass is 572 g/mol. The maximum Gasteiger partial charge on any atom is 0.435 e. The number of anilines is 2. The van der Waals surface area contributed by atoms with E-state index >= 15 is 0 Å². The standard InChI is InChI=1S/C32H40N6O4/c1-6-42-31(41)38-27-21-36(30(40)22(2)23-10-8-7-9-11-23)20-26(27)28(34-38)33-29(39)24-12-14-25(15-13-24)35-16-18-37(19-17-35)32(3,4)5/h7-15,22H,6,16-21H2,1-5H3,(H,33,34,39)/t22-/m1/s1. The SMILES string of the molecule is CCOC(=O)n1nc(NC(=O)c2ccc(N3CCN(C(C)(C)C)CC3)cc2)c2c1CN(C(=O)[C@H](C)c1ccccc1)C2. The Morgan fingerprint density at radius 1 is 0.952 bits per heavy atom. The van der Waals surface area contributed by atoms with Crippen LogP contribution >= 0.6 is 0 Å². The summed E-state index contributed by atoms with van der Waals surface area (Å²) in [7, 11) is 0. The number of hydrogen-bond acceptors (Lipinski definition) is 7. The van der Waals surface area contributed by atoms with E-state index in [0.717, 1.165) is 42.1 Å². The first-order chi connectivity index (χ1) is 20.1. The van der Waals surface area contributed by atoms with Crippen LogP contribution in [-0.4, -0.2) is 75.8 Å². The molecule has 0 aliphatic carbocycles. The Labute approximate surface area is 247 Å². The summed E-state index contributed by atoms with van der Waals surface area (Å²) in [5.41, 5.74) is 3.81. The number of aromatic nitrogens is 2. The van der Waals surface area contributed by atoms with Gasteiger partial charge in [-0.1, -0.05) is 30.3 Å². The highest BCUT2D eigenvalue weighted by Crippen LogP contribution is 2.32.